The smallest absolute Gasteiger partial charge is 0.407 e. The molecule has 1 amide bonds. The third-order valence-corrected chi connectivity index (χ3v) is 4.83. The van der Waals surface area contributed by atoms with Gasteiger partial charge in [0.25, 0.3) is 0 Å². The van der Waals surface area contributed by atoms with Crippen molar-refractivity contribution in [1.82, 2.24) is 4.90 Å². The molecular formula is C11H12BrNO3S. The van der Waals surface area contributed by atoms with Crippen LogP contribution in [0.3, 0.4) is 0 Å². The largest absolute Gasteiger partial charge is 0.465 e. The summed E-state index contributed by atoms with van der Waals surface area (Å²) >= 11 is 4.79. The molecule has 1 fully saturated rings. The number of piperidine rings is 1. The molecule has 4 nitrogen and oxygen atoms in total. The zero-order valence-corrected chi connectivity index (χ0v) is 11.5. The number of thiophene rings is 1. The van der Waals surface area contributed by atoms with Crippen LogP contribution in [0.15, 0.2) is 15.9 Å². The third kappa shape index (κ3) is 2.69. The van der Waals surface area contributed by atoms with Crippen molar-refractivity contribution in [3.8, 4) is 0 Å². The number of hydrogen-bond acceptors (Lipinski definition) is 3. The zero-order chi connectivity index (χ0) is 12.4. The van der Waals surface area contributed by atoms with Crippen LogP contribution in [0.1, 0.15) is 22.5 Å². The minimum atomic E-state index is -0.895. The highest BCUT2D eigenvalue weighted by Crippen LogP contribution is 2.29. The molecule has 1 N–H and O–H groups in total. The van der Waals surface area contributed by atoms with E-state index in [2.05, 4.69) is 15.9 Å². The third-order valence-electron chi connectivity index (χ3n) is 2.98. The fourth-order valence-electron chi connectivity index (χ4n) is 1.99. The number of likely N-dealkylation sites (tertiary alicyclic amines) is 1. The molecule has 0 saturated carbocycles. The van der Waals surface area contributed by atoms with Crippen LogP contribution < -0.4 is 0 Å². The maximum Gasteiger partial charge on any atom is 0.407 e. The lowest BCUT2D eigenvalue weighted by Gasteiger charge is -2.28. The van der Waals surface area contributed by atoms with E-state index >= 15 is 0 Å². The predicted molar refractivity (Wildman–Crippen MR) is 68.7 cm³/mol. The normalized spacial score (nSPS) is 17.1. The Morgan fingerprint density at radius 1 is 1.41 bits per heavy atom. The number of rotatable bonds is 2. The average molecular weight is 318 g/mol. The first-order valence-corrected chi connectivity index (χ1v) is 7.02. The highest BCUT2D eigenvalue weighted by molar-refractivity contribution is 9.10. The van der Waals surface area contributed by atoms with Crippen molar-refractivity contribution in [2.75, 3.05) is 13.1 Å². The summed E-state index contributed by atoms with van der Waals surface area (Å²) in [5.74, 6) is 0.0949. The Labute approximate surface area is 111 Å². The van der Waals surface area contributed by atoms with E-state index in [0.29, 0.717) is 25.9 Å². The van der Waals surface area contributed by atoms with Gasteiger partial charge >= 0.3 is 6.09 Å². The SMILES string of the molecule is O=C(c1sccc1Br)C1CCN(C(=O)O)CC1. The van der Waals surface area contributed by atoms with E-state index in [-0.39, 0.29) is 11.7 Å². The highest BCUT2D eigenvalue weighted by Gasteiger charge is 2.29. The van der Waals surface area contributed by atoms with Gasteiger partial charge in [0.1, 0.15) is 0 Å². The lowest BCUT2D eigenvalue weighted by atomic mass is 9.92. The average Bonchev–Trinajstić information content (AvgIpc) is 2.74. The van der Waals surface area contributed by atoms with Gasteiger partial charge < -0.3 is 10.0 Å². The number of carboxylic acid groups (broad SMARTS) is 1. The molecule has 0 bridgehead atoms. The fourth-order valence-corrected chi connectivity index (χ4v) is 3.57. The molecule has 0 unspecified atom stereocenters. The molecule has 0 aromatic carbocycles. The van der Waals surface area contributed by atoms with Crippen LogP contribution in [0.2, 0.25) is 0 Å². The number of hydrogen-bond donors (Lipinski definition) is 1. The second kappa shape index (κ2) is 5.18. The van der Waals surface area contributed by atoms with Crippen LogP contribution in [0.4, 0.5) is 4.79 Å². The van der Waals surface area contributed by atoms with Crippen LogP contribution in [-0.4, -0.2) is 35.0 Å². The molecule has 6 heteroatoms. The molecule has 0 radical (unpaired) electrons. The van der Waals surface area contributed by atoms with E-state index in [9.17, 15) is 9.59 Å². The van der Waals surface area contributed by atoms with Gasteiger partial charge in [0, 0.05) is 23.5 Å². The van der Waals surface area contributed by atoms with Crippen LogP contribution in [0, 0.1) is 5.92 Å². The summed E-state index contributed by atoms with van der Waals surface area (Å²) in [6.45, 7) is 0.906. The van der Waals surface area contributed by atoms with E-state index in [1.54, 1.807) is 0 Å². The van der Waals surface area contributed by atoms with Crippen LogP contribution >= 0.6 is 27.3 Å². The van der Waals surface area contributed by atoms with Crippen molar-refractivity contribution in [3.05, 3.63) is 20.8 Å². The predicted octanol–water partition coefficient (Wildman–Crippen LogP) is 3.08. The molecule has 92 valence electrons. The van der Waals surface area contributed by atoms with Crippen LogP contribution in [0.25, 0.3) is 0 Å². The summed E-state index contributed by atoms with van der Waals surface area (Å²) in [5, 5.41) is 10.7. The minimum Gasteiger partial charge on any atom is -0.465 e. The van der Waals surface area contributed by atoms with Crippen molar-refractivity contribution >= 4 is 39.1 Å². The Morgan fingerprint density at radius 2 is 2.06 bits per heavy atom. The summed E-state index contributed by atoms with van der Waals surface area (Å²) < 4.78 is 0.841. The summed E-state index contributed by atoms with van der Waals surface area (Å²) in [4.78, 5) is 25.0. The van der Waals surface area contributed by atoms with E-state index in [4.69, 9.17) is 5.11 Å². The summed E-state index contributed by atoms with van der Waals surface area (Å²) in [7, 11) is 0. The number of carbonyl (C=O) groups excluding carboxylic acids is 1. The zero-order valence-electron chi connectivity index (χ0n) is 9.06. The molecule has 0 aliphatic carbocycles. The van der Waals surface area contributed by atoms with Gasteiger partial charge in [-0.2, -0.15) is 0 Å². The molecule has 2 rings (SSSR count). The monoisotopic (exact) mass is 317 g/mol. The highest BCUT2D eigenvalue weighted by atomic mass is 79.9. The Hall–Kier alpha value is -0.880. The molecule has 1 aliphatic rings. The summed E-state index contributed by atoms with van der Waals surface area (Å²) in [6, 6.07) is 1.87. The quantitative estimate of drug-likeness (QED) is 0.853. The van der Waals surface area contributed by atoms with Crippen molar-refractivity contribution in [2.24, 2.45) is 5.92 Å². The Balaban J connectivity index is 2.00. The lowest BCUT2D eigenvalue weighted by molar-refractivity contribution is 0.0824. The Morgan fingerprint density at radius 3 is 2.53 bits per heavy atom. The number of Topliss-reactive ketones (excluding diaryl/α,β-unsaturated/α-hetero) is 1. The Bertz CT molecular complexity index is 438. The Kier molecular flexibility index (Phi) is 3.83. The molecule has 1 saturated heterocycles. The van der Waals surface area contributed by atoms with Crippen molar-refractivity contribution < 1.29 is 14.7 Å². The summed E-state index contributed by atoms with van der Waals surface area (Å²) in [6.07, 6.45) is 0.346. The molecule has 1 aromatic heterocycles. The molecule has 2 heterocycles. The van der Waals surface area contributed by atoms with Gasteiger partial charge in [-0.25, -0.2) is 4.79 Å². The van der Waals surface area contributed by atoms with E-state index in [1.165, 1.54) is 16.2 Å². The molecule has 1 aromatic rings. The van der Waals surface area contributed by atoms with E-state index < -0.39 is 6.09 Å². The molecule has 0 spiro atoms. The second-order valence-corrected chi connectivity index (χ2v) is 5.78. The van der Waals surface area contributed by atoms with Crippen LogP contribution in [-0.2, 0) is 0 Å². The first-order valence-electron chi connectivity index (χ1n) is 5.34. The first kappa shape index (κ1) is 12.6. The van der Waals surface area contributed by atoms with Gasteiger partial charge in [0.2, 0.25) is 0 Å². The number of carbonyl (C=O) groups is 2. The van der Waals surface area contributed by atoms with E-state index in [1.807, 2.05) is 11.4 Å². The number of halogens is 1. The maximum atomic E-state index is 12.2. The van der Waals surface area contributed by atoms with Crippen molar-refractivity contribution in [3.63, 3.8) is 0 Å². The standard InChI is InChI=1S/C11H12BrNO3S/c12-8-3-6-17-10(8)9(14)7-1-4-13(5-2-7)11(15)16/h3,6-7H,1-2,4-5H2,(H,15,16). The van der Waals surface area contributed by atoms with Gasteiger partial charge in [0.05, 0.1) is 4.88 Å². The van der Waals surface area contributed by atoms with Gasteiger partial charge in [-0.05, 0) is 40.2 Å². The molecule has 1 aliphatic heterocycles. The fraction of sp³-hybridized carbons (Fsp3) is 0.455. The van der Waals surface area contributed by atoms with Gasteiger partial charge in [-0.15, -0.1) is 11.3 Å². The van der Waals surface area contributed by atoms with Gasteiger partial charge in [-0.1, -0.05) is 0 Å². The summed E-state index contributed by atoms with van der Waals surface area (Å²) in [5.41, 5.74) is 0. The van der Waals surface area contributed by atoms with Crippen molar-refractivity contribution in [1.29, 1.82) is 0 Å². The minimum absolute atomic E-state index is 0.0412. The first-order chi connectivity index (χ1) is 8.09. The second-order valence-electron chi connectivity index (χ2n) is 4.01. The maximum absolute atomic E-state index is 12.2. The van der Waals surface area contributed by atoms with Gasteiger partial charge in [-0.3, -0.25) is 4.79 Å². The van der Waals surface area contributed by atoms with Crippen LogP contribution in [0.5, 0.6) is 0 Å². The van der Waals surface area contributed by atoms with E-state index in [0.717, 1.165) is 9.35 Å². The topological polar surface area (TPSA) is 57.6 Å². The number of amides is 1. The number of nitrogens with zero attached hydrogens (tertiary/aromatic N) is 1. The molecule has 0 atom stereocenters. The van der Waals surface area contributed by atoms with Crippen molar-refractivity contribution in [2.45, 2.75) is 12.8 Å². The molecule has 17 heavy (non-hydrogen) atoms. The lowest BCUT2D eigenvalue weighted by Crippen LogP contribution is -2.39. The number of ketones is 1. The van der Waals surface area contributed by atoms with Gasteiger partial charge in [0.15, 0.2) is 5.78 Å². The molecular weight excluding hydrogens is 306 g/mol.